The lowest BCUT2D eigenvalue weighted by molar-refractivity contribution is -0.142. The SMILES string of the molecule is CCCS1=C(c2ccccc2)C(CC)c2ccc(C(=O)C3CCCN(C(=O)C4(O)CC4)CC3)cc21. The first-order valence-corrected chi connectivity index (χ1v) is 14.7. The molecule has 1 saturated carbocycles. The molecule has 1 saturated heterocycles. The number of fused-ring (bicyclic) bond motifs is 1. The molecule has 2 aromatic carbocycles. The quantitative estimate of drug-likeness (QED) is 0.394. The number of carbonyl (C=O) groups is 2. The van der Waals surface area contributed by atoms with E-state index in [2.05, 4.69) is 56.3 Å². The van der Waals surface area contributed by atoms with Crippen LogP contribution < -0.4 is 0 Å². The van der Waals surface area contributed by atoms with Crippen LogP contribution in [0.15, 0.2) is 53.4 Å². The zero-order chi connectivity index (χ0) is 24.6. The number of likely N-dealkylation sites (tertiary alicyclic amines) is 1. The molecule has 2 aromatic rings. The van der Waals surface area contributed by atoms with E-state index in [1.165, 1.54) is 20.9 Å². The highest BCUT2D eigenvalue weighted by Crippen LogP contribution is 2.49. The van der Waals surface area contributed by atoms with E-state index in [1.54, 1.807) is 4.90 Å². The molecular weight excluding hydrogens is 454 g/mol. The standard InChI is InChI=1S/C30H37NO3S/c1-3-19-35-26-20-23(12-13-25(26)24(4-2)28(35)22-9-6-5-7-10-22)27(32)21-11-8-17-31(18-14-21)29(33)30(34)15-16-30/h5-7,9-10,12-13,20-21,24,34H,3-4,8,11,14-19H2,1-2H3. The summed E-state index contributed by atoms with van der Waals surface area (Å²) in [7, 11) is 0.0127. The molecule has 0 spiro atoms. The normalized spacial score (nSPS) is 25.2. The molecule has 3 atom stereocenters. The third-order valence-electron chi connectivity index (χ3n) is 7.90. The predicted octanol–water partition coefficient (Wildman–Crippen LogP) is 5.79. The van der Waals surface area contributed by atoms with Crippen molar-refractivity contribution in [1.82, 2.24) is 4.90 Å². The Hall–Kier alpha value is -2.24. The number of hydrogen-bond donors (Lipinski definition) is 1. The van der Waals surface area contributed by atoms with Crippen molar-refractivity contribution in [2.24, 2.45) is 5.92 Å². The Balaban J connectivity index is 1.41. The Morgan fingerprint density at radius 3 is 2.51 bits per heavy atom. The van der Waals surface area contributed by atoms with Gasteiger partial charge in [0.05, 0.1) is 0 Å². The van der Waals surface area contributed by atoms with Gasteiger partial charge in [0.1, 0.15) is 5.60 Å². The van der Waals surface area contributed by atoms with Crippen LogP contribution in [0.2, 0.25) is 0 Å². The van der Waals surface area contributed by atoms with Crippen molar-refractivity contribution in [1.29, 1.82) is 0 Å². The van der Waals surface area contributed by atoms with E-state index in [1.807, 2.05) is 6.07 Å². The van der Waals surface area contributed by atoms with Crippen LogP contribution >= 0.6 is 10.5 Å². The van der Waals surface area contributed by atoms with Gasteiger partial charge < -0.3 is 10.0 Å². The first-order valence-electron chi connectivity index (χ1n) is 13.3. The van der Waals surface area contributed by atoms with Crippen molar-refractivity contribution in [3.63, 3.8) is 0 Å². The lowest BCUT2D eigenvalue weighted by Gasteiger charge is -2.23. The van der Waals surface area contributed by atoms with Crippen LogP contribution in [0.4, 0.5) is 0 Å². The smallest absolute Gasteiger partial charge is 0.254 e. The van der Waals surface area contributed by atoms with E-state index >= 15 is 0 Å². The summed E-state index contributed by atoms with van der Waals surface area (Å²) in [5.41, 5.74) is 2.44. The monoisotopic (exact) mass is 491 g/mol. The summed E-state index contributed by atoms with van der Waals surface area (Å²) in [4.78, 5) is 30.9. The third-order valence-corrected chi connectivity index (χ3v) is 10.7. The largest absolute Gasteiger partial charge is 0.380 e. The minimum absolute atomic E-state index is 0.0127. The Bertz CT molecular complexity index is 1150. The van der Waals surface area contributed by atoms with E-state index in [4.69, 9.17) is 0 Å². The Kier molecular flexibility index (Phi) is 7.00. The summed E-state index contributed by atoms with van der Waals surface area (Å²) < 4.78 is 0. The average molecular weight is 492 g/mol. The highest BCUT2D eigenvalue weighted by atomic mass is 32.2. The summed E-state index contributed by atoms with van der Waals surface area (Å²) in [6.07, 6.45) is 5.62. The topological polar surface area (TPSA) is 57.6 Å². The maximum Gasteiger partial charge on any atom is 0.254 e. The van der Waals surface area contributed by atoms with Crippen molar-refractivity contribution in [3.05, 3.63) is 65.2 Å². The van der Waals surface area contributed by atoms with Gasteiger partial charge in [-0.1, -0.05) is 56.3 Å². The number of Topliss-reactive ketones (excluding diaryl/α,β-unsaturated/α-hetero) is 1. The van der Waals surface area contributed by atoms with E-state index in [9.17, 15) is 14.7 Å². The highest BCUT2D eigenvalue weighted by molar-refractivity contribution is 8.16. The van der Waals surface area contributed by atoms with Crippen LogP contribution in [0.1, 0.15) is 86.2 Å². The van der Waals surface area contributed by atoms with E-state index in [0.717, 1.165) is 37.0 Å². The molecule has 2 aliphatic heterocycles. The lowest BCUT2D eigenvalue weighted by Crippen LogP contribution is -2.41. The molecular formula is C30H37NO3S. The predicted molar refractivity (Wildman–Crippen MR) is 143 cm³/mol. The fraction of sp³-hybridized carbons (Fsp3) is 0.500. The minimum atomic E-state index is -1.12. The van der Waals surface area contributed by atoms with Gasteiger partial charge in [-0.15, -0.1) is 10.5 Å². The number of aliphatic hydroxyl groups is 1. The van der Waals surface area contributed by atoms with Gasteiger partial charge in [-0.05, 0) is 72.8 Å². The van der Waals surface area contributed by atoms with Gasteiger partial charge in [0, 0.05) is 35.4 Å². The number of nitrogens with zero attached hydrogens (tertiary/aromatic N) is 1. The third kappa shape index (κ3) is 4.65. The number of hydrogen-bond acceptors (Lipinski definition) is 3. The molecule has 1 N–H and O–H groups in total. The van der Waals surface area contributed by atoms with Crippen molar-refractivity contribution in [2.45, 2.75) is 75.2 Å². The summed E-state index contributed by atoms with van der Waals surface area (Å²) >= 11 is 0. The number of rotatable bonds is 7. The molecule has 5 heteroatoms. The van der Waals surface area contributed by atoms with Crippen LogP contribution in [-0.4, -0.2) is 51.0 Å². The van der Waals surface area contributed by atoms with E-state index in [0.29, 0.717) is 38.3 Å². The van der Waals surface area contributed by atoms with Crippen LogP contribution in [-0.2, 0) is 4.79 Å². The molecule has 2 heterocycles. The van der Waals surface area contributed by atoms with Gasteiger partial charge in [-0.2, -0.15) is 0 Å². The van der Waals surface area contributed by atoms with Gasteiger partial charge >= 0.3 is 0 Å². The number of ketones is 1. The van der Waals surface area contributed by atoms with Crippen molar-refractivity contribution in [2.75, 3.05) is 18.8 Å². The molecule has 0 bridgehead atoms. The highest BCUT2D eigenvalue weighted by Gasteiger charge is 2.50. The van der Waals surface area contributed by atoms with Gasteiger partial charge in [-0.3, -0.25) is 9.59 Å². The van der Waals surface area contributed by atoms with Crippen molar-refractivity contribution in [3.8, 4) is 0 Å². The van der Waals surface area contributed by atoms with Crippen LogP contribution in [0, 0.1) is 5.92 Å². The zero-order valence-corrected chi connectivity index (χ0v) is 21.8. The lowest BCUT2D eigenvalue weighted by atomic mass is 9.87. The molecule has 0 radical (unpaired) electrons. The number of benzene rings is 2. The molecule has 35 heavy (non-hydrogen) atoms. The summed E-state index contributed by atoms with van der Waals surface area (Å²) in [6.45, 7) is 5.72. The molecule has 4 nitrogen and oxygen atoms in total. The van der Waals surface area contributed by atoms with Gasteiger partial charge in [-0.25, -0.2) is 0 Å². The van der Waals surface area contributed by atoms with Gasteiger partial charge in [0.2, 0.25) is 0 Å². The fourth-order valence-corrected chi connectivity index (χ4v) is 8.73. The fourth-order valence-electron chi connectivity index (χ4n) is 5.82. The molecule has 0 aromatic heterocycles. The minimum Gasteiger partial charge on any atom is -0.380 e. The van der Waals surface area contributed by atoms with Crippen LogP contribution in [0.5, 0.6) is 0 Å². The summed E-state index contributed by atoms with van der Waals surface area (Å²) in [5, 5.41) is 10.2. The number of carbonyl (C=O) groups excluding carboxylic acids is 2. The summed E-state index contributed by atoms with van der Waals surface area (Å²) in [5.74, 6) is 1.55. The van der Waals surface area contributed by atoms with Crippen molar-refractivity contribution >= 4 is 27.0 Å². The number of amides is 1. The van der Waals surface area contributed by atoms with E-state index in [-0.39, 0.29) is 28.1 Å². The maximum atomic E-state index is 13.6. The molecule has 5 rings (SSSR count). The van der Waals surface area contributed by atoms with E-state index < -0.39 is 5.60 Å². The Morgan fingerprint density at radius 2 is 1.83 bits per heavy atom. The molecule has 3 aliphatic rings. The molecule has 1 aliphatic carbocycles. The summed E-state index contributed by atoms with van der Waals surface area (Å²) in [6, 6.07) is 17.3. The van der Waals surface area contributed by atoms with Gasteiger partial charge in [0.15, 0.2) is 5.78 Å². The average Bonchev–Trinajstić information content (AvgIpc) is 3.62. The van der Waals surface area contributed by atoms with Gasteiger partial charge in [0.25, 0.3) is 5.91 Å². The van der Waals surface area contributed by atoms with Crippen molar-refractivity contribution < 1.29 is 14.7 Å². The molecule has 3 unspecified atom stereocenters. The zero-order valence-electron chi connectivity index (χ0n) is 21.0. The second-order valence-electron chi connectivity index (χ2n) is 10.4. The van der Waals surface area contributed by atoms with Crippen LogP contribution in [0.25, 0.3) is 0 Å². The van der Waals surface area contributed by atoms with Crippen LogP contribution in [0.3, 0.4) is 0 Å². The molecule has 1 amide bonds. The molecule has 186 valence electrons. The second kappa shape index (κ2) is 10.0. The maximum absolute atomic E-state index is 13.6. The Labute approximate surface area is 211 Å². The first kappa shape index (κ1) is 24.5. The second-order valence-corrected chi connectivity index (χ2v) is 12.4. The Morgan fingerprint density at radius 1 is 1.06 bits per heavy atom. The first-order chi connectivity index (χ1) is 17.0. The molecule has 2 fully saturated rings.